The minimum Gasteiger partial charge on any atom is -0.360 e. The third-order valence-electron chi connectivity index (χ3n) is 4.08. The monoisotopic (exact) mass is 343 g/mol. The van der Waals surface area contributed by atoms with Crippen molar-refractivity contribution in [3.63, 3.8) is 0 Å². The molecular formula is C17H21N5O3. The Kier molecular flexibility index (Phi) is 5.08. The molecule has 0 unspecified atom stereocenters. The van der Waals surface area contributed by atoms with Crippen LogP contribution in [0.2, 0.25) is 0 Å². The number of hydrogen-bond acceptors (Lipinski definition) is 6. The van der Waals surface area contributed by atoms with E-state index in [9.17, 15) is 9.59 Å². The highest BCUT2D eigenvalue weighted by Gasteiger charge is 2.23. The predicted octanol–water partition coefficient (Wildman–Crippen LogP) is 1.08. The normalized spacial score (nSPS) is 15.2. The smallest absolute Gasteiger partial charge is 0.255 e. The van der Waals surface area contributed by atoms with Crippen molar-refractivity contribution >= 4 is 17.6 Å². The van der Waals surface area contributed by atoms with Crippen molar-refractivity contribution in [3.05, 3.63) is 41.4 Å². The summed E-state index contributed by atoms with van der Waals surface area (Å²) >= 11 is 0. The number of carbonyl (C=O) groups excluding carboxylic acids is 2. The fraction of sp³-hybridized carbons (Fsp3) is 0.412. The number of aromatic nitrogens is 2. The van der Waals surface area contributed by atoms with Crippen LogP contribution >= 0.6 is 0 Å². The van der Waals surface area contributed by atoms with Crippen molar-refractivity contribution in [1.29, 1.82) is 0 Å². The minimum atomic E-state index is -0.143. The summed E-state index contributed by atoms with van der Waals surface area (Å²) in [7, 11) is 0. The van der Waals surface area contributed by atoms with Crippen LogP contribution in [0.5, 0.6) is 0 Å². The molecule has 1 fully saturated rings. The van der Waals surface area contributed by atoms with Crippen molar-refractivity contribution in [3.8, 4) is 0 Å². The average molecular weight is 343 g/mol. The molecule has 0 aromatic carbocycles. The molecule has 0 aliphatic carbocycles. The van der Waals surface area contributed by atoms with Crippen molar-refractivity contribution < 1.29 is 14.1 Å². The summed E-state index contributed by atoms with van der Waals surface area (Å²) < 4.78 is 4.92. The van der Waals surface area contributed by atoms with Gasteiger partial charge in [0.25, 0.3) is 5.91 Å². The molecule has 0 atom stereocenters. The zero-order valence-corrected chi connectivity index (χ0v) is 14.4. The number of anilines is 1. The highest BCUT2D eigenvalue weighted by Crippen LogP contribution is 2.10. The second-order valence-corrected chi connectivity index (χ2v) is 6.13. The van der Waals surface area contributed by atoms with Crippen molar-refractivity contribution in [2.24, 2.45) is 0 Å². The molecule has 0 bridgehead atoms. The molecule has 3 heterocycles. The Morgan fingerprint density at radius 2 is 1.96 bits per heavy atom. The lowest BCUT2D eigenvalue weighted by Crippen LogP contribution is -2.50. The van der Waals surface area contributed by atoms with E-state index >= 15 is 0 Å². The molecule has 25 heavy (non-hydrogen) atoms. The van der Waals surface area contributed by atoms with Crippen LogP contribution in [0.4, 0.5) is 5.82 Å². The summed E-state index contributed by atoms with van der Waals surface area (Å²) in [5, 5.41) is 6.44. The average Bonchev–Trinajstić information content (AvgIpc) is 3.00. The van der Waals surface area contributed by atoms with Gasteiger partial charge in [0.05, 0.1) is 12.1 Å². The molecule has 2 amide bonds. The van der Waals surface area contributed by atoms with E-state index in [2.05, 4.69) is 15.5 Å². The van der Waals surface area contributed by atoms with E-state index in [-0.39, 0.29) is 18.4 Å². The van der Waals surface area contributed by atoms with Crippen LogP contribution < -0.4 is 5.32 Å². The lowest BCUT2D eigenvalue weighted by molar-refractivity contribution is -0.117. The van der Waals surface area contributed by atoms with E-state index in [0.717, 1.165) is 5.69 Å². The molecule has 2 aromatic rings. The van der Waals surface area contributed by atoms with Crippen molar-refractivity contribution in [2.75, 3.05) is 38.0 Å². The van der Waals surface area contributed by atoms with Gasteiger partial charge in [0.15, 0.2) is 5.82 Å². The predicted molar refractivity (Wildman–Crippen MR) is 91.2 cm³/mol. The zero-order valence-electron chi connectivity index (χ0n) is 14.4. The van der Waals surface area contributed by atoms with Gasteiger partial charge in [-0.3, -0.25) is 19.5 Å². The number of amides is 2. The molecule has 0 saturated carbocycles. The van der Waals surface area contributed by atoms with Gasteiger partial charge in [-0.1, -0.05) is 5.16 Å². The molecule has 1 aliphatic heterocycles. The van der Waals surface area contributed by atoms with Crippen LogP contribution in [-0.2, 0) is 4.79 Å². The van der Waals surface area contributed by atoms with Gasteiger partial charge in [-0.2, -0.15) is 0 Å². The number of rotatable bonds is 4. The van der Waals surface area contributed by atoms with Crippen LogP contribution in [-0.4, -0.2) is 64.5 Å². The van der Waals surface area contributed by atoms with Crippen LogP contribution in [0, 0.1) is 13.8 Å². The third-order valence-corrected chi connectivity index (χ3v) is 4.08. The Morgan fingerprint density at radius 3 is 2.56 bits per heavy atom. The van der Waals surface area contributed by atoms with Gasteiger partial charge < -0.3 is 14.7 Å². The van der Waals surface area contributed by atoms with Crippen LogP contribution in [0.1, 0.15) is 21.8 Å². The second-order valence-electron chi connectivity index (χ2n) is 6.13. The molecule has 2 aromatic heterocycles. The van der Waals surface area contributed by atoms with Gasteiger partial charge in [0, 0.05) is 44.1 Å². The molecule has 132 valence electrons. The fourth-order valence-electron chi connectivity index (χ4n) is 2.70. The van der Waals surface area contributed by atoms with Crippen molar-refractivity contribution in [1.82, 2.24) is 19.9 Å². The number of carbonyl (C=O) groups is 2. The molecule has 3 rings (SSSR count). The summed E-state index contributed by atoms with van der Waals surface area (Å²) in [5.41, 5.74) is 1.48. The lowest BCUT2D eigenvalue weighted by Gasteiger charge is -2.34. The first-order chi connectivity index (χ1) is 12.0. The highest BCUT2D eigenvalue weighted by atomic mass is 16.5. The standard InChI is InChI=1S/C17H21N5O3/c1-12-3-4-14(10-18-12)17(24)22-7-5-21(6-8-22)11-16(23)19-15-9-13(2)25-20-15/h3-4,9-10H,5-8,11H2,1-2H3,(H,19,20,23). The topological polar surface area (TPSA) is 91.6 Å². The summed E-state index contributed by atoms with van der Waals surface area (Å²) in [6.07, 6.45) is 1.61. The SMILES string of the molecule is Cc1ccc(C(=O)N2CCN(CC(=O)Nc3cc(C)on3)CC2)cn1. The van der Waals surface area contributed by atoms with Gasteiger partial charge >= 0.3 is 0 Å². The number of pyridine rings is 1. The van der Waals surface area contributed by atoms with E-state index in [0.29, 0.717) is 43.3 Å². The fourth-order valence-corrected chi connectivity index (χ4v) is 2.70. The van der Waals surface area contributed by atoms with E-state index in [1.54, 1.807) is 30.2 Å². The molecule has 1 saturated heterocycles. The second kappa shape index (κ2) is 7.43. The Balaban J connectivity index is 1.47. The van der Waals surface area contributed by atoms with E-state index in [1.165, 1.54) is 0 Å². The quantitative estimate of drug-likeness (QED) is 0.893. The first kappa shape index (κ1) is 17.1. The molecule has 1 N–H and O–H groups in total. The Labute approximate surface area is 145 Å². The molecular weight excluding hydrogens is 322 g/mol. The lowest BCUT2D eigenvalue weighted by atomic mass is 10.2. The van der Waals surface area contributed by atoms with E-state index < -0.39 is 0 Å². The van der Waals surface area contributed by atoms with Gasteiger partial charge in [-0.25, -0.2) is 0 Å². The van der Waals surface area contributed by atoms with Gasteiger partial charge in [-0.05, 0) is 26.0 Å². The third kappa shape index (κ3) is 4.42. The van der Waals surface area contributed by atoms with E-state index in [1.807, 2.05) is 17.9 Å². The maximum Gasteiger partial charge on any atom is 0.255 e. The molecule has 8 heteroatoms. The number of piperazine rings is 1. The minimum absolute atomic E-state index is 0.0188. The summed E-state index contributed by atoms with van der Waals surface area (Å²) in [6, 6.07) is 5.30. The maximum absolute atomic E-state index is 12.5. The van der Waals surface area contributed by atoms with Crippen LogP contribution in [0.3, 0.4) is 0 Å². The largest absolute Gasteiger partial charge is 0.360 e. The number of aryl methyl sites for hydroxylation is 2. The highest BCUT2D eigenvalue weighted by molar-refractivity contribution is 5.94. The number of nitrogens with one attached hydrogen (secondary N) is 1. The Bertz CT molecular complexity index is 748. The molecule has 8 nitrogen and oxygen atoms in total. The van der Waals surface area contributed by atoms with Crippen LogP contribution in [0.25, 0.3) is 0 Å². The summed E-state index contributed by atoms with van der Waals surface area (Å²) in [5.74, 6) is 0.904. The van der Waals surface area contributed by atoms with Gasteiger partial charge in [0.1, 0.15) is 5.76 Å². The Morgan fingerprint density at radius 1 is 1.20 bits per heavy atom. The maximum atomic E-state index is 12.5. The number of nitrogens with zero attached hydrogens (tertiary/aromatic N) is 4. The molecule has 0 radical (unpaired) electrons. The first-order valence-corrected chi connectivity index (χ1v) is 8.19. The van der Waals surface area contributed by atoms with Gasteiger partial charge in [-0.15, -0.1) is 0 Å². The van der Waals surface area contributed by atoms with Gasteiger partial charge in [0.2, 0.25) is 5.91 Å². The van der Waals surface area contributed by atoms with E-state index in [4.69, 9.17) is 4.52 Å². The first-order valence-electron chi connectivity index (χ1n) is 8.19. The summed E-state index contributed by atoms with van der Waals surface area (Å²) in [6.45, 7) is 6.39. The van der Waals surface area contributed by atoms with Crippen molar-refractivity contribution in [2.45, 2.75) is 13.8 Å². The summed E-state index contributed by atoms with van der Waals surface area (Å²) in [4.78, 5) is 32.5. The Hall–Kier alpha value is -2.74. The van der Waals surface area contributed by atoms with Crippen LogP contribution in [0.15, 0.2) is 28.9 Å². The zero-order chi connectivity index (χ0) is 17.8. The number of hydrogen-bond donors (Lipinski definition) is 1. The molecule has 0 spiro atoms. The molecule has 1 aliphatic rings.